The highest BCUT2D eigenvalue weighted by atomic mass is 15.0. The van der Waals surface area contributed by atoms with Crippen LogP contribution in [0, 0.1) is 0 Å². The van der Waals surface area contributed by atoms with Crippen molar-refractivity contribution < 1.29 is 0 Å². The fraction of sp³-hybridized carbons (Fsp3) is 0. The number of rotatable bonds is 9. The molecule has 0 aliphatic heterocycles. The molecule has 7 heteroatoms. The molecule has 7 nitrogen and oxygen atoms in total. The van der Waals surface area contributed by atoms with Gasteiger partial charge in [0.15, 0.2) is 17.5 Å². The van der Waals surface area contributed by atoms with Gasteiger partial charge in [-0.05, 0) is 82.4 Å². The number of nitrogens with zero attached hydrogens (tertiary/aromatic N) is 7. The molecule has 314 valence electrons. The molecule has 0 aliphatic carbocycles. The molecule has 12 rings (SSSR count). The maximum absolute atomic E-state index is 5.12. The molecule has 0 atom stereocenters. The molecule has 0 fully saturated rings. The second kappa shape index (κ2) is 17.1. The van der Waals surface area contributed by atoms with Gasteiger partial charge in [0.1, 0.15) is 0 Å². The van der Waals surface area contributed by atoms with Crippen LogP contribution >= 0.6 is 0 Å². The SMILES string of the molecule is c1ccc(-c2nc(-c3ccccc3)nc(-c3ccc(-c4ccc(-c5ccc(-c6cc(-c7cccc(-n8c9ccccc9c9ccccc98)c7)cc(-c7ccccn7)n6)nc5)cc4)cc3)n2)cc1. The zero-order valence-electron chi connectivity index (χ0n) is 36.1. The third-order valence-electron chi connectivity index (χ3n) is 12.2. The van der Waals surface area contributed by atoms with Crippen LogP contribution < -0.4 is 0 Å². The predicted molar refractivity (Wildman–Crippen MR) is 271 cm³/mol. The Morgan fingerprint density at radius 1 is 0.269 bits per heavy atom. The highest BCUT2D eigenvalue weighted by Crippen LogP contribution is 2.36. The third kappa shape index (κ3) is 7.70. The Morgan fingerprint density at radius 3 is 1.27 bits per heavy atom. The Labute approximate surface area is 387 Å². The number of fused-ring (bicyclic) bond motifs is 3. The minimum Gasteiger partial charge on any atom is -0.309 e. The summed E-state index contributed by atoms with van der Waals surface area (Å²) in [5.41, 5.74) is 15.8. The van der Waals surface area contributed by atoms with Crippen molar-refractivity contribution in [3.8, 4) is 96.0 Å². The van der Waals surface area contributed by atoms with Crippen molar-refractivity contribution in [3.63, 3.8) is 0 Å². The molecular formula is C60H39N7. The molecule has 7 aromatic carbocycles. The van der Waals surface area contributed by atoms with Crippen LogP contribution in [0.25, 0.3) is 118 Å². The van der Waals surface area contributed by atoms with Gasteiger partial charge in [0.25, 0.3) is 0 Å². The summed E-state index contributed by atoms with van der Waals surface area (Å²) in [6, 6.07) is 77.3. The van der Waals surface area contributed by atoms with E-state index in [1.807, 2.05) is 85.1 Å². The zero-order chi connectivity index (χ0) is 44.5. The average Bonchev–Trinajstić information content (AvgIpc) is 3.76. The lowest BCUT2D eigenvalue weighted by atomic mass is 9.99. The first-order chi connectivity index (χ1) is 33.2. The Bertz CT molecular complexity index is 3590. The second-order valence-electron chi connectivity index (χ2n) is 16.4. The Morgan fingerprint density at radius 2 is 0.731 bits per heavy atom. The van der Waals surface area contributed by atoms with Gasteiger partial charge in [0, 0.05) is 51.1 Å². The summed E-state index contributed by atoms with van der Waals surface area (Å²) >= 11 is 0. The molecule has 5 aromatic heterocycles. The molecular weight excluding hydrogens is 819 g/mol. The van der Waals surface area contributed by atoms with Crippen LogP contribution in [0.2, 0.25) is 0 Å². The van der Waals surface area contributed by atoms with Gasteiger partial charge in [0.05, 0.1) is 33.8 Å². The summed E-state index contributed by atoms with van der Waals surface area (Å²) in [7, 11) is 0. The Balaban J connectivity index is 0.829. The highest BCUT2D eigenvalue weighted by molar-refractivity contribution is 6.09. The molecule has 0 aliphatic rings. The molecule has 0 saturated heterocycles. The zero-order valence-corrected chi connectivity index (χ0v) is 36.1. The average molecular weight is 858 g/mol. The lowest BCUT2D eigenvalue weighted by Gasteiger charge is -2.13. The highest BCUT2D eigenvalue weighted by Gasteiger charge is 2.16. The summed E-state index contributed by atoms with van der Waals surface area (Å²) in [6.07, 6.45) is 3.74. The first kappa shape index (κ1) is 39.4. The molecule has 12 aromatic rings. The van der Waals surface area contributed by atoms with Crippen LogP contribution in [-0.4, -0.2) is 34.5 Å². The minimum absolute atomic E-state index is 0.630. The number of hydrogen-bond acceptors (Lipinski definition) is 6. The van der Waals surface area contributed by atoms with Crippen molar-refractivity contribution in [2.24, 2.45) is 0 Å². The molecule has 0 amide bonds. The summed E-state index contributed by atoms with van der Waals surface area (Å²) in [6.45, 7) is 0. The summed E-state index contributed by atoms with van der Waals surface area (Å²) in [5.74, 6) is 1.91. The van der Waals surface area contributed by atoms with Crippen LogP contribution in [-0.2, 0) is 0 Å². The Hall–Kier alpha value is -9.20. The lowest BCUT2D eigenvalue weighted by molar-refractivity contribution is 1.07. The van der Waals surface area contributed by atoms with Crippen molar-refractivity contribution in [2.75, 3.05) is 0 Å². The number of para-hydroxylation sites is 2. The van der Waals surface area contributed by atoms with E-state index in [0.29, 0.717) is 17.5 Å². The van der Waals surface area contributed by atoms with Crippen molar-refractivity contribution in [2.45, 2.75) is 0 Å². The van der Waals surface area contributed by atoms with Crippen LogP contribution in [0.5, 0.6) is 0 Å². The molecule has 0 bridgehead atoms. The van der Waals surface area contributed by atoms with Gasteiger partial charge in [-0.2, -0.15) is 0 Å². The predicted octanol–water partition coefficient (Wildman–Crippen LogP) is 14.5. The topological polar surface area (TPSA) is 82.3 Å². The minimum atomic E-state index is 0.630. The van der Waals surface area contributed by atoms with E-state index in [1.165, 1.54) is 21.8 Å². The molecule has 5 heterocycles. The maximum Gasteiger partial charge on any atom is 0.164 e. The number of pyridine rings is 3. The van der Waals surface area contributed by atoms with Crippen LogP contribution in [0.4, 0.5) is 0 Å². The van der Waals surface area contributed by atoms with Crippen LogP contribution in [0.15, 0.2) is 237 Å². The van der Waals surface area contributed by atoms with E-state index >= 15 is 0 Å². The van der Waals surface area contributed by atoms with E-state index in [4.69, 9.17) is 24.9 Å². The second-order valence-corrected chi connectivity index (χ2v) is 16.4. The van der Waals surface area contributed by atoms with Gasteiger partial charge in [-0.15, -0.1) is 0 Å². The molecule has 67 heavy (non-hydrogen) atoms. The molecule has 0 radical (unpaired) electrons. The number of hydrogen-bond donors (Lipinski definition) is 0. The van der Waals surface area contributed by atoms with Gasteiger partial charge in [-0.3, -0.25) is 9.97 Å². The molecule has 0 spiro atoms. The summed E-state index contributed by atoms with van der Waals surface area (Å²) in [5, 5.41) is 2.47. The van der Waals surface area contributed by atoms with E-state index < -0.39 is 0 Å². The van der Waals surface area contributed by atoms with Crippen molar-refractivity contribution in [3.05, 3.63) is 237 Å². The monoisotopic (exact) mass is 857 g/mol. The molecule has 0 saturated carbocycles. The fourth-order valence-electron chi connectivity index (χ4n) is 8.82. The van der Waals surface area contributed by atoms with Gasteiger partial charge in [-0.1, -0.05) is 170 Å². The number of benzene rings is 7. The van der Waals surface area contributed by atoms with Gasteiger partial charge < -0.3 is 4.57 Å². The lowest BCUT2D eigenvalue weighted by Crippen LogP contribution is -2.00. The molecule has 0 N–H and O–H groups in total. The first-order valence-electron chi connectivity index (χ1n) is 22.3. The van der Waals surface area contributed by atoms with Gasteiger partial charge >= 0.3 is 0 Å². The van der Waals surface area contributed by atoms with E-state index in [1.54, 1.807) is 6.20 Å². The Kier molecular flexibility index (Phi) is 10.0. The van der Waals surface area contributed by atoms with Crippen LogP contribution in [0.3, 0.4) is 0 Å². The quantitative estimate of drug-likeness (QED) is 0.144. The van der Waals surface area contributed by atoms with E-state index in [2.05, 4.69) is 155 Å². The summed E-state index contributed by atoms with van der Waals surface area (Å²) < 4.78 is 2.35. The normalized spacial score (nSPS) is 11.3. The van der Waals surface area contributed by atoms with Gasteiger partial charge in [-0.25, -0.2) is 19.9 Å². The van der Waals surface area contributed by atoms with Gasteiger partial charge in [0.2, 0.25) is 0 Å². The third-order valence-corrected chi connectivity index (χ3v) is 12.2. The van der Waals surface area contributed by atoms with E-state index in [9.17, 15) is 0 Å². The van der Waals surface area contributed by atoms with Crippen molar-refractivity contribution in [1.82, 2.24) is 34.5 Å². The smallest absolute Gasteiger partial charge is 0.164 e. The maximum atomic E-state index is 5.12. The van der Waals surface area contributed by atoms with Crippen molar-refractivity contribution >= 4 is 21.8 Å². The first-order valence-corrected chi connectivity index (χ1v) is 22.3. The van der Waals surface area contributed by atoms with E-state index in [0.717, 1.165) is 78.5 Å². The number of aromatic nitrogens is 7. The largest absolute Gasteiger partial charge is 0.309 e. The van der Waals surface area contributed by atoms with Crippen molar-refractivity contribution in [1.29, 1.82) is 0 Å². The van der Waals surface area contributed by atoms with E-state index in [-0.39, 0.29) is 0 Å². The standard InChI is InChI=1S/C60H39N7/c1-3-14-43(15-4-1)58-64-59(44-16-5-2-6-17-44)66-60(65-58)45-31-29-41(30-32-45)40-25-27-42(28-26-40)47-33-34-53(62-39-47)55-38-48(37-54(63-55)52-22-11-12-35-61-52)46-18-13-19-49(36-46)67-56-23-9-7-20-50(56)51-21-8-10-24-57(51)67/h1-39H. The molecule has 0 unspecified atom stereocenters. The summed E-state index contributed by atoms with van der Waals surface area (Å²) in [4.78, 5) is 29.4. The fourth-order valence-corrected chi connectivity index (χ4v) is 8.82. The van der Waals surface area contributed by atoms with Crippen LogP contribution in [0.1, 0.15) is 0 Å².